The van der Waals surface area contributed by atoms with E-state index in [0.29, 0.717) is 41.6 Å². The molecule has 37 heavy (non-hydrogen) atoms. The van der Waals surface area contributed by atoms with Crippen LogP contribution in [0.5, 0.6) is 5.75 Å². The number of nitrogens with one attached hydrogen (secondary N) is 3. The van der Waals surface area contributed by atoms with Gasteiger partial charge in [0.05, 0.1) is 5.56 Å². The molecule has 2 fully saturated rings. The highest BCUT2D eigenvalue weighted by Crippen LogP contribution is 2.34. The lowest BCUT2D eigenvalue weighted by atomic mass is 10.0. The lowest BCUT2D eigenvalue weighted by molar-refractivity contribution is -0.274. The van der Waals surface area contributed by atoms with Crippen LogP contribution >= 0.6 is 23.5 Å². The first-order valence-corrected chi connectivity index (χ1v) is 13.1. The standard InChI is InChI=1S/C25H27ClF4N4O2S/c1-13(31)20-10-21(24(35)33-37-19-3-4-19)22(27)11-23(20)32-17-5-6-34(12-17)14(2)15-7-16(26)9-18(8-15)36-25(28,29)30/h7-11,14,17,19,31-32H,3-6,12H2,1-2H3,(H,33,35). The number of carbonyl (C=O) groups excluding carboxylic acids is 1. The number of anilines is 1. The van der Waals surface area contributed by atoms with Crippen molar-refractivity contribution in [2.24, 2.45) is 0 Å². The third kappa shape index (κ3) is 7.30. The van der Waals surface area contributed by atoms with Crippen LogP contribution in [0.3, 0.4) is 0 Å². The molecule has 2 atom stereocenters. The van der Waals surface area contributed by atoms with Gasteiger partial charge in [-0.25, -0.2) is 4.39 Å². The summed E-state index contributed by atoms with van der Waals surface area (Å²) in [4.78, 5) is 14.5. The second-order valence-corrected chi connectivity index (χ2v) is 10.9. The molecule has 3 N–H and O–H groups in total. The zero-order valence-electron chi connectivity index (χ0n) is 20.2. The Morgan fingerprint density at radius 3 is 2.57 bits per heavy atom. The molecular formula is C25H27ClF4N4O2S. The van der Waals surface area contributed by atoms with Crippen LogP contribution in [-0.2, 0) is 0 Å². The second-order valence-electron chi connectivity index (χ2n) is 9.32. The third-order valence-electron chi connectivity index (χ3n) is 6.34. The monoisotopic (exact) mass is 558 g/mol. The van der Waals surface area contributed by atoms with Gasteiger partial charge < -0.3 is 15.5 Å². The second kappa shape index (κ2) is 11.1. The first kappa shape index (κ1) is 27.5. The number of nitrogens with zero attached hydrogens (tertiary/aromatic N) is 1. The molecule has 2 aromatic carbocycles. The number of halogens is 5. The molecule has 1 heterocycles. The fraction of sp³-hybridized carbons (Fsp3) is 0.440. The summed E-state index contributed by atoms with van der Waals surface area (Å²) >= 11 is 7.33. The fourth-order valence-electron chi connectivity index (χ4n) is 4.26. The molecule has 6 nitrogen and oxygen atoms in total. The summed E-state index contributed by atoms with van der Waals surface area (Å²) < 4.78 is 59.6. The summed E-state index contributed by atoms with van der Waals surface area (Å²) in [6.07, 6.45) is -2.08. The molecule has 1 aliphatic heterocycles. The maximum Gasteiger partial charge on any atom is 0.573 e. The van der Waals surface area contributed by atoms with Crippen molar-refractivity contribution in [2.45, 2.75) is 56.8 Å². The summed E-state index contributed by atoms with van der Waals surface area (Å²) in [5, 5.41) is 11.9. The number of ether oxygens (including phenoxy) is 1. The van der Waals surface area contributed by atoms with Crippen molar-refractivity contribution in [3.05, 3.63) is 57.9 Å². The van der Waals surface area contributed by atoms with Crippen molar-refractivity contribution in [3.8, 4) is 5.75 Å². The van der Waals surface area contributed by atoms with E-state index in [0.717, 1.165) is 18.9 Å². The van der Waals surface area contributed by atoms with E-state index in [4.69, 9.17) is 17.0 Å². The van der Waals surface area contributed by atoms with Gasteiger partial charge in [-0.1, -0.05) is 11.6 Å². The van der Waals surface area contributed by atoms with E-state index in [1.165, 1.54) is 30.1 Å². The van der Waals surface area contributed by atoms with Crippen LogP contribution in [0, 0.1) is 11.2 Å². The molecule has 0 radical (unpaired) electrons. The Hall–Kier alpha value is -2.50. The molecule has 1 saturated carbocycles. The van der Waals surface area contributed by atoms with E-state index in [-0.39, 0.29) is 34.1 Å². The van der Waals surface area contributed by atoms with Gasteiger partial charge in [0.1, 0.15) is 11.6 Å². The topological polar surface area (TPSA) is 77.5 Å². The van der Waals surface area contributed by atoms with Crippen molar-refractivity contribution in [1.82, 2.24) is 9.62 Å². The molecule has 0 bridgehead atoms. The van der Waals surface area contributed by atoms with Gasteiger partial charge in [0.2, 0.25) is 0 Å². The quantitative estimate of drug-likeness (QED) is 0.185. The van der Waals surface area contributed by atoms with Crippen LogP contribution in [0.4, 0.5) is 23.2 Å². The number of rotatable bonds is 9. The van der Waals surface area contributed by atoms with Crippen LogP contribution in [-0.4, -0.2) is 47.3 Å². The molecule has 2 unspecified atom stereocenters. The lowest BCUT2D eigenvalue weighted by Gasteiger charge is -2.26. The smallest absolute Gasteiger partial charge is 0.406 e. The Labute approximate surface area is 221 Å². The van der Waals surface area contributed by atoms with E-state index in [2.05, 4.69) is 19.7 Å². The van der Waals surface area contributed by atoms with Crippen LogP contribution in [0.15, 0.2) is 30.3 Å². The normalized spacial score (nSPS) is 18.9. The average molecular weight is 559 g/mol. The Morgan fingerprint density at radius 2 is 1.92 bits per heavy atom. The molecule has 2 aliphatic rings. The molecular weight excluding hydrogens is 532 g/mol. The van der Waals surface area contributed by atoms with Crippen LogP contribution in [0.2, 0.25) is 5.02 Å². The van der Waals surface area contributed by atoms with Gasteiger partial charge in [-0.3, -0.25) is 14.4 Å². The molecule has 4 rings (SSSR count). The lowest BCUT2D eigenvalue weighted by Crippen LogP contribution is -2.29. The van der Waals surface area contributed by atoms with Gasteiger partial charge >= 0.3 is 6.36 Å². The fourth-order valence-corrected chi connectivity index (χ4v) is 5.25. The van der Waals surface area contributed by atoms with E-state index in [9.17, 15) is 22.4 Å². The highest BCUT2D eigenvalue weighted by atomic mass is 35.5. The van der Waals surface area contributed by atoms with Crippen LogP contribution in [0.25, 0.3) is 0 Å². The van der Waals surface area contributed by atoms with Crippen molar-refractivity contribution in [3.63, 3.8) is 0 Å². The SMILES string of the molecule is CC(=N)c1cc(C(=O)NSC2CC2)c(F)cc1NC1CCN(C(C)c2cc(Cl)cc(OC(F)(F)F)c2)C1. The summed E-state index contributed by atoms with van der Waals surface area (Å²) in [5.74, 6) is -1.59. The van der Waals surface area contributed by atoms with Crippen LogP contribution < -0.4 is 14.8 Å². The zero-order chi connectivity index (χ0) is 26.9. The Bertz CT molecular complexity index is 1190. The average Bonchev–Trinajstić information content (AvgIpc) is 3.51. The molecule has 2 aromatic rings. The number of benzene rings is 2. The molecule has 1 amide bonds. The van der Waals surface area contributed by atoms with Gasteiger partial charge in [-0.2, -0.15) is 0 Å². The zero-order valence-corrected chi connectivity index (χ0v) is 21.8. The van der Waals surface area contributed by atoms with E-state index in [1.807, 2.05) is 6.92 Å². The number of hydrogen-bond donors (Lipinski definition) is 3. The van der Waals surface area contributed by atoms with Gasteiger partial charge in [0, 0.05) is 52.4 Å². The highest BCUT2D eigenvalue weighted by molar-refractivity contribution is 7.98. The van der Waals surface area contributed by atoms with Crippen molar-refractivity contribution in [1.29, 1.82) is 5.41 Å². The number of likely N-dealkylation sites (tertiary alicyclic amines) is 1. The minimum atomic E-state index is -4.82. The first-order chi connectivity index (χ1) is 17.4. The maximum atomic E-state index is 14.9. The molecule has 0 aromatic heterocycles. The summed E-state index contributed by atoms with van der Waals surface area (Å²) in [5.41, 5.74) is 1.50. The third-order valence-corrected chi connectivity index (χ3v) is 7.66. The number of carbonyl (C=O) groups is 1. The minimum Gasteiger partial charge on any atom is -0.406 e. The Balaban J connectivity index is 1.45. The Kier molecular flexibility index (Phi) is 8.25. The van der Waals surface area contributed by atoms with Gasteiger partial charge in [0.15, 0.2) is 0 Å². The molecule has 1 aliphatic carbocycles. The van der Waals surface area contributed by atoms with Gasteiger partial charge in [-0.05, 0) is 81.0 Å². The largest absolute Gasteiger partial charge is 0.573 e. The molecule has 200 valence electrons. The highest BCUT2D eigenvalue weighted by Gasteiger charge is 2.33. The van der Waals surface area contributed by atoms with Crippen molar-refractivity contribution < 1.29 is 27.1 Å². The number of amides is 1. The summed E-state index contributed by atoms with van der Waals surface area (Å²) in [6, 6.07) is 6.33. The van der Waals surface area contributed by atoms with E-state index < -0.39 is 18.1 Å². The summed E-state index contributed by atoms with van der Waals surface area (Å²) in [6.45, 7) is 4.61. The van der Waals surface area contributed by atoms with Crippen molar-refractivity contribution >= 4 is 40.9 Å². The van der Waals surface area contributed by atoms with Gasteiger partial charge in [-0.15, -0.1) is 13.2 Å². The predicted molar refractivity (Wildman–Crippen MR) is 137 cm³/mol. The predicted octanol–water partition coefficient (Wildman–Crippen LogP) is 6.55. The molecule has 1 saturated heterocycles. The molecule has 0 spiro atoms. The number of hydrogen-bond acceptors (Lipinski definition) is 6. The number of alkyl halides is 3. The first-order valence-electron chi connectivity index (χ1n) is 11.8. The Morgan fingerprint density at radius 1 is 1.19 bits per heavy atom. The molecule has 12 heteroatoms. The van der Waals surface area contributed by atoms with Crippen molar-refractivity contribution in [2.75, 3.05) is 18.4 Å². The van der Waals surface area contributed by atoms with E-state index in [1.54, 1.807) is 13.0 Å². The van der Waals surface area contributed by atoms with E-state index >= 15 is 0 Å². The minimum absolute atomic E-state index is 0.102. The summed E-state index contributed by atoms with van der Waals surface area (Å²) in [7, 11) is 0. The maximum absolute atomic E-state index is 14.9. The van der Waals surface area contributed by atoms with Gasteiger partial charge in [0.25, 0.3) is 5.91 Å². The van der Waals surface area contributed by atoms with Crippen LogP contribution in [0.1, 0.15) is 60.6 Å².